The fraction of sp³-hybridized carbons (Fsp3) is 1.00. The van der Waals surface area contributed by atoms with Crippen LogP contribution in [0.5, 0.6) is 0 Å². The smallest absolute Gasteiger partial charge is 1.00 e. The molecular formula is C9H20Cl2MgO2. The second-order valence-corrected chi connectivity index (χ2v) is 3.21. The molecule has 0 atom stereocenters. The summed E-state index contributed by atoms with van der Waals surface area (Å²) in [6, 6.07) is 0. The molecule has 0 fully saturated rings. The molecule has 0 aromatic rings. The van der Waals surface area contributed by atoms with Gasteiger partial charge >= 0.3 is 23.1 Å². The Labute approximate surface area is 116 Å². The maximum Gasteiger partial charge on any atom is 2.00 e. The third-order valence-corrected chi connectivity index (χ3v) is 1.18. The van der Waals surface area contributed by atoms with E-state index in [2.05, 4.69) is 6.92 Å². The summed E-state index contributed by atoms with van der Waals surface area (Å²) >= 11 is 0. The zero-order chi connectivity index (χ0) is 8.85. The Morgan fingerprint density at radius 2 is 1.14 bits per heavy atom. The molecule has 0 saturated heterocycles. The molecule has 0 aromatic carbocycles. The third kappa shape index (κ3) is 15.7. The van der Waals surface area contributed by atoms with Crippen LogP contribution in [0.15, 0.2) is 0 Å². The van der Waals surface area contributed by atoms with Gasteiger partial charge in [0.2, 0.25) is 0 Å². The largest absolute Gasteiger partial charge is 2.00 e. The van der Waals surface area contributed by atoms with Crippen LogP contribution in [0.4, 0.5) is 0 Å². The molecule has 0 aromatic heterocycles. The number of hydrogen-bond donors (Lipinski definition) is 0. The van der Waals surface area contributed by atoms with E-state index in [-0.39, 0.29) is 66.4 Å². The Balaban J connectivity index is -0.000000167. The Hall–Kier alpha value is 1.27. The van der Waals surface area contributed by atoms with Crippen LogP contribution in [0.1, 0.15) is 41.0 Å². The van der Waals surface area contributed by atoms with E-state index in [0.717, 1.165) is 6.42 Å². The molecule has 0 aliphatic heterocycles. The van der Waals surface area contributed by atoms with E-state index < -0.39 is 0 Å². The average Bonchev–Trinajstić information content (AvgIpc) is 1.84. The fourth-order valence-electron chi connectivity index (χ4n) is 0.832. The van der Waals surface area contributed by atoms with Gasteiger partial charge in [-0.25, -0.2) is 0 Å². The van der Waals surface area contributed by atoms with Gasteiger partial charge in [-0.3, -0.25) is 0 Å². The molecule has 0 heterocycles. The first-order valence-electron chi connectivity index (χ1n) is 4.37. The van der Waals surface area contributed by atoms with Crippen molar-refractivity contribution < 1.29 is 34.3 Å². The van der Waals surface area contributed by atoms with E-state index in [1.165, 1.54) is 0 Å². The number of rotatable bonds is 5. The molecule has 0 saturated carbocycles. The van der Waals surface area contributed by atoms with Crippen molar-refractivity contribution in [1.82, 2.24) is 0 Å². The standard InChI is InChI=1S/C9H20O2.2ClH.Mg/c1-6-9(10-7(2)3)11-8(4)5;;;/h7-9H,6H2,1-5H3;2*1H;/q;;;+2/p-2. The molecule has 0 unspecified atom stereocenters. The van der Waals surface area contributed by atoms with E-state index in [1.807, 2.05) is 27.7 Å². The van der Waals surface area contributed by atoms with Crippen molar-refractivity contribution in [2.24, 2.45) is 0 Å². The van der Waals surface area contributed by atoms with Gasteiger partial charge in [-0.05, 0) is 34.1 Å². The van der Waals surface area contributed by atoms with E-state index in [9.17, 15) is 0 Å². The minimum absolute atomic E-state index is 0. The summed E-state index contributed by atoms with van der Waals surface area (Å²) in [5.74, 6) is 0. The quantitative estimate of drug-likeness (QED) is 0.371. The summed E-state index contributed by atoms with van der Waals surface area (Å²) in [6.45, 7) is 10.1. The summed E-state index contributed by atoms with van der Waals surface area (Å²) < 4.78 is 11.0. The van der Waals surface area contributed by atoms with Crippen LogP contribution in [-0.2, 0) is 9.47 Å². The van der Waals surface area contributed by atoms with E-state index in [4.69, 9.17) is 9.47 Å². The van der Waals surface area contributed by atoms with Gasteiger partial charge < -0.3 is 34.3 Å². The predicted octanol–water partition coefficient (Wildman–Crippen LogP) is -3.80. The SMILES string of the molecule is CCC(OC(C)C)OC(C)C.[Cl-].[Cl-].[Mg+2]. The molecule has 0 radical (unpaired) electrons. The zero-order valence-corrected chi connectivity index (χ0v) is 12.6. The number of halogens is 2. The summed E-state index contributed by atoms with van der Waals surface area (Å²) in [6.07, 6.45) is 1.38. The molecule has 0 spiro atoms. The van der Waals surface area contributed by atoms with Crippen LogP contribution >= 0.6 is 0 Å². The minimum Gasteiger partial charge on any atom is -1.00 e. The maximum absolute atomic E-state index is 5.49. The van der Waals surface area contributed by atoms with E-state index in [0.29, 0.717) is 0 Å². The monoisotopic (exact) mass is 254 g/mol. The Bertz CT molecular complexity index is 92.8. The molecule has 14 heavy (non-hydrogen) atoms. The van der Waals surface area contributed by atoms with Crippen LogP contribution in [0.2, 0.25) is 0 Å². The second-order valence-electron chi connectivity index (χ2n) is 3.21. The van der Waals surface area contributed by atoms with Crippen LogP contribution in [0.3, 0.4) is 0 Å². The Morgan fingerprint density at radius 3 is 1.29 bits per heavy atom. The summed E-state index contributed by atoms with van der Waals surface area (Å²) in [4.78, 5) is 0. The summed E-state index contributed by atoms with van der Waals surface area (Å²) in [5, 5.41) is 0. The molecular weight excluding hydrogens is 235 g/mol. The Morgan fingerprint density at radius 1 is 0.857 bits per heavy atom. The molecule has 2 nitrogen and oxygen atoms in total. The van der Waals surface area contributed by atoms with Crippen molar-refractivity contribution in [2.75, 3.05) is 0 Å². The van der Waals surface area contributed by atoms with Crippen molar-refractivity contribution in [3.8, 4) is 0 Å². The Kier molecular flexibility index (Phi) is 24.9. The van der Waals surface area contributed by atoms with Gasteiger partial charge in [0, 0.05) is 0 Å². The first-order chi connectivity index (χ1) is 5.06. The third-order valence-electron chi connectivity index (χ3n) is 1.18. The van der Waals surface area contributed by atoms with Crippen molar-refractivity contribution in [2.45, 2.75) is 59.5 Å². The van der Waals surface area contributed by atoms with E-state index in [1.54, 1.807) is 0 Å². The van der Waals surface area contributed by atoms with Gasteiger partial charge in [-0.15, -0.1) is 0 Å². The van der Waals surface area contributed by atoms with Gasteiger partial charge in [-0.2, -0.15) is 0 Å². The number of hydrogen-bond acceptors (Lipinski definition) is 2. The van der Waals surface area contributed by atoms with E-state index >= 15 is 0 Å². The van der Waals surface area contributed by atoms with Gasteiger partial charge in [-0.1, -0.05) is 6.92 Å². The average molecular weight is 255 g/mol. The van der Waals surface area contributed by atoms with Crippen LogP contribution < -0.4 is 24.8 Å². The topological polar surface area (TPSA) is 18.5 Å². The molecule has 84 valence electrons. The van der Waals surface area contributed by atoms with Crippen LogP contribution in [0, 0.1) is 0 Å². The molecule has 0 amide bonds. The van der Waals surface area contributed by atoms with Gasteiger partial charge in [0.15, 0.2) is 6.29 Å². The number of ether oxygens (including phenoxy) is 2. The maximum atomic E-state index is 5.49. The first-order valence-corrected chi connectivity index (χ1v) is 4.37. The fourth-order valence-corrected chi connectivity index (χ4v) is 0.832. The molecule has 0 aliphatic rings. The summed E-state index contributed by atoms with van der Waals surface area (Å²) in [7, 11) is 0. The normalized spacial score (nSPS) is 9.43. The molecule has 0 N–H and O–H groups in total. The van der Waals surface area contributed by atoms with Crippen LogP contribution in [-0.4, -0.2) is 41.6 Å². The van der Waals surface area contributed by atoms with Gasteiger partial charge in [0.1, 0.15) is 0 Å². The van der Waals surface area contributed by atoms with Crippen molar-refractivity contribution in [3.05, 3.63) is 0 Å². The molecule has 0 rings (SSSR count). The van der Waals surface area contributed by atoms with Crippen molar-refractivity contribution in [3.63, 3.8) is 0 Å². The van der Waals surface area contributed by atoms with Gasteiger partial charge in [0.25, 0.3) is 0 Å². The van der Waals surface area contributed by atoms with Crippen LogP contribution in [0.25, 0.3) is 0 Å². The van der Waals surface area contributed by atoms with Crippen molar-refractivity contribution >= 4 is 23.1 Å². The van der Waals surface area contributed by atoms with Gasteiger partial charge in [0.05, 0.1) is 12.2 Å². The molecule has 0 aliphatic carbocycles. The molecule has 0 bridgehead atoms. The van der Waals surface area contributed by atoms with Crippen molar-refractivity contribution in [1.29, 1.82) is 0 Å². The minimum atomic E-state index is -0.0324. The first kappa shape index (κ1) is 24.5. The second kappa shape index (κ2) is 14.3. The summed E-state index contributed by atoms with van der Waals surface area (Å²) in [5.41, 5.74) is 0. The molecule has 5 heteroatoms. The zero-order valence-electron chi connectivity index (χ0n) is 9.72. The predicted molar refractivity (Wildman–Crippen MR) is 52.3 cm³/mol.